The van der Waals surface area contributed by atoms with Crippen LogP contribution in [0.4, 0.5) is 4.79 Å². The number of rotatable bonds is 7. The van der Waals surface area contributed by atoms with Crippen LogP contribution in [-0.4, -0.2) is 16.9 Å². The average molecular weight is 374 g/mol. The van der Waals surface area contributed by atoms with Crippen molar-refractivity contribution in [3.63, 3.8) is 0 Å². The second kappa shape index (κ2) is 9.46. The molecule has 0 spiro atoms. The smallest absolute Gasteiger partial charge is 0.407 e. The second-order valence-electron chi connectivity index (χ2n) is 6.51. The molecule has 0 saturated carbocycles. The minimum absolute atomic E-state index is 0.0738. The van der Waals surface area contributed by atoms with Crippen molar-refractivity contribution in [2.45, 2.75) is 26.5 Å². The van der Waals surface area contributed by atoms with Gasteiger partial charge in [0.05, 0.1) is 0 Å². The van der Waals surface area contributed by atoms with Gasteiger partial charge < -0.3 is 10.1 Å². The van der Waals surface area contributed by atoms with Gasteiger partial charge in [0, 0.05) is 36.5 Å². The van der Waals surface area contributed by atoms with Crippen LogP contribution in [0.15, 0.2) is 73.1 Å². The molecule has 0 atom stereocenters. The third-order valence-electron chi connectivity index (χ3n) is 4.42. The monoisotopic (exact) mass is 374 g/mol. The van der Waals surface area contributed by atoms with Crippen LogP contribution < -0.4 is 5.32 Å². The summed E-state index contributed by atoms with van der Waals surface area (Å²) in [6.45, 7) is 2.51. The number of pyridine rings is 1. The summed E-state index contributed by atoms with van der Waals surface area (Å²) < 4.78 is 5.15. The number of aryl methyl sites for hydroxylation is 1. The standard InChI is InChI=1S/C23H22N2O3/c1-17-5-2-3-7-21(17)13-22(26)20-10-8-18(9-11-20)15-25-23(27)28-16-19-6-4-12-24-14-19/h2-12,14H,13,15-16H2,1H3,(H,25,27). The van der Waals surface area contributed by atoms with Crippen molar-refractivity contribution in [2.75, 3.05) is 0 Å². The highest BCUT2D eigenvalue weighted by molar-refractivity contribution is 5.97. The minimum Gasteiger partial charge on any atom is -0.445 e. The molecule has 28 heavy (non-hydrogen) atoms. The van der Waals surface area contributed by atoms with Crippen LogP contribution in [0.2, 0.25) is 0 Å². The highest BCUT2D eigenvalue weighted by Gasteiger charge is 2.09. The zero-order chi connectivity index (χ0) is 19.8. The summed E-state index contributed by atoms with van der Waals surface area (Å²) in [5.74, 6) is 0.0738. The lowest BCUT2D eigenvalue weighted by molar-refractivity contribution is 0.0992. The number of carbonyl (C=O) groups is 2. The number of nitrogens with zero attached hydrogens (tertiary/aromatic N) is 1. The van der Waals surface area contributed by atoms with Crippen molar-refractivity contribution < 1.29 is 14.3 Å². The number of hydrogen-bond acceptors (Lipinski definition) is 4. The lowest BCUT2D eigenvalue weighted by atomic mass is 9.99. The predicted molar refractivity (Wildman–Crippen MR) is 107 cm³/mol. The van der Waals surface area contributed by atoms with Gasteiger partial charge in [-0.1, -0.05) is 54.6 Å². The van der Waals surface area contributed by atoms with Gasteiger partial charge in [-0.05, 0) is 29.7 Å². The van der Waals surface area contributed by atoms with E-state index < -0.39 is 6.09 Å². The maximum absolute atomic E-state index is 12.5. The maximum atomic E-state index is 12.5. The summed E-state index contributed by atoms with van der Waals surface area (Å²) >= 11 is 0. The zero-order valence-corrected chi connectivity index (χ0v) is 15.7. The number of alkyl carbamates (subject to hydrolysis) is 1. The van der Waals surface area contributed by atoms with Crippen LogP contribution >= 0.6 is 0 Å². The molecule has 1 aromatic heterocycles. The topological polar surface area (TPSA) is 68.3 Å². The molecule has 3 aromatic rings. The van der Waals surface area contributed by atoms with E-state index in [1.807, 2.05) is 49.4 Å². The van der Waals surface area contributed by atoms with E-state index in [2.05, 4.69) is 10.3 Å². The van der Waals surface area contributed by atoms with Gasteiger partial charge in [0.25, 0.3) is 0 Å². The van der Waals surface area contributed by atoms with E-state index in [0.29, 0.717) is 18.5 Å². The molecule has 3 rings (SSSR count). The summed E-state index contributed by atoms with van der Waals surface area (Å²) in [6.07, 6.45) is 3.20. The van der Waals surface area contributed by atoms with Crippen LogP contribution in [0, 0.1) is 6.92 Å². The third-order valence-corrected chi connectivity index (χ3v) is 4.42. The van der Waals surface area contributed by atoms with Crippen molar-refractivity contribution in [3.05, 3.63) is 101 Å². The Kier molecular flexibility index (Phi) is 6.52. The van der Waals surface area contributed by atoms with Crippen molar-refractivity contribution in [3.8, 4) is 0 Å². The van der Waals surface area contributed by atoms with Crippen LogP contribution in [0.5, 0.6) is 0 Å². The number of aromatic nitrogens is 1. The van der Waals surface area contributed by atoms with Crippen LogP contribution in [0.25, 0.3) is 0 Å². The quantitative estimate of drug-likeness (QED) is 0.628. The summed E-state index contributed by atoms with van der Waals surface area (Å²) in [5.41, 5.74) is 4.53. The van der Waals surface area contributed by atoms with E-state index in [4.69, 9.17) is 4.74 Å². The number of carbonyl (C=O) groups excluding carboxylic acids is 2. The Morgan fingerprint density at radius 2 is 1.75 bits per heavy atom. The van der Waals surface area contributed by atoms with Gasteiger partial charge in [0.2, 0.25) is 0 Å². The van der Waals surface area contributed by atoms with E-state index >= 15 is 0 Å². The first-order chi connectivity index (χ1) is 13.6. The Balaban J connectivity index is 1.48. The SMILES string of the molecule is Cc1ccccc1CC(=O)c1ccc(CNC(=O)OCc2cccnc2)cc1. The van der Waals surface area contributed by atoms with Gasteiger partial charge in [0.1, 0.15) is 6.61 Å². The van der Waals surface area contributed by atoms with Gasteiger partial charge in [-0.25, -0.2) is 4.79 Å². The van der Waals surface area contributed by atoms with Crippen LogP contribution in [0.1, 0.15) is 32.6 Å². The molecule has 2 aromatic carbocycles. The number of ketones is 1. The molecular weight excluding hydrogens is 352 g/mol. The number of hydrogen-bond donors (Lipinski definition) is 1. The second-order valence-corrected chi connectivity index (χ2v) is 6.51. The number of Topliss-reactive ketones (excluding diaryl/α,β-unsaturated/α-hetero) is 1. The highest BCUT2D eigenvalue weighted by atomic mass is 16.5. The highest BCUT2D eigenvalue weighted by Crippen LogP contribution is 2.13. The minimum atomic E-state index is -0.497. The Morgan fingerprint density at radius 1 is 0.964 bits per heavy atom. The van der Waals surface area contributed by atoms with Crippen LogP contribution in [-0.2, 0) is 24.3 Å². The van der Waals surface area contributed by atoms with E-state index in [-0.39, 0.29) is 12.4 Å². The number of ether oxygens (including phenoxy) is 1. The van der Waals surface area contributed by atoms with Crippen molar-refractivity contribution in [1.29, 1.82) is 0 Å². The first-order valence-corrected chi connectivity index (χ1v) is 9.08. The summed E-state index contributed by atoms with van der Waals surface area (Å²) in [5, 5.41) is 2.70. The van der Waals surface area contributed by atoms with Gasteiger partial charge >= 0.3 is 6.09 Å². The van der Waals surface area contributed by atoms with E-state index in [1.165, 1.54) is 0 Å². The van der Waals surface area contributed by atoms with Gasteiger partial charge in [0.15, 0.2) is 5.78 Å². The molecule has 1 heterocycles. The zero-order valence-electron chi connectivity index (χ0n) is 15.7. The van der Waals surface area contributed by atoms with E-state index in [1.54, 1.807) is 30.6 Å². The fourth-order valence-electron chi connectivity index (χ4n) is 2.75. The third kappa shape index (κ3) is 5.51. The van der Waals surface area contributed by atoms with E-state index in [9.17, 15) is 9.59 Å². The first kappa shape index (κ1) is 19.3. The molecule has 1 amide bonds. The van der Waals surface area contributed by atoms with Crippen LogP contribution in [0.3, 0.4) is 0 Å². The van der Waals surface area contributed by atoms with Gasteiger partial charge in [-0.3, -0.25) is 9.78 Å². The fourth-order valence-corrected chi connectivity index (χ4v) is 2.75. The summed E-state index contributed by atoms with van der Waals surface area (Å²) in [4.78, 5) is 28.2. The number of amides is 1. The molecule has 0 aliphatic carbocycles. The van der Waals surface area contributed by atoms with Crippen molar-refractivity contribution in [1.82, 2.24) is 10.3 Å². The maximum Gasteiger partial charge on any atom is 0.407 e. The van der Waals surface area contributed by atoms with E-state index in [0.717, 1.165) is 22.3 Å². The summed E-state index contributed by atoms with van der Waals surface area (Å²) in [6, 6.07) is 18.8. The Morgan fingerprint density at radius 3 is 2.46 bits per heavy atom. The summed E-state index contributed by atoms with van der Waals surface area (Å²) in [7, 11) is 0. The predicted octanol–water partition coefficient (Wildman–Crippen LogP) is 4.24. The average Bonchev–Trinajstić information content (AvgIpc) is 2.73. The molecule has 5 heteroatoms. The molecule has 0 radical (unpaired) electrons. The molecule has 0 unspecified atom stereocenters. The van der Waals surface area contributed by atoms with Crippen molar-refractivity contribution >= 4 is 11.9 Å². The lowest BCUT2D eigenvalue weighted by Crippen LogP contribution is -2.23. The largest absolute Gasteiger partial charge is 0.445 e. The Hall–Kier alpha value is -3.47. The normalized spacial score (nSPS) is 10.3. The molecule has 5 nitrogen and oxygen atoms in total. The molecule has 0 fully saturated rings. The van der Waals surface area contributed by atoms with Crippen molar-refractivity contribution in [2.24, 2.45) is 0 Å². The number of nitrogens with one attached hydrogen (secondary N) is 1. The molecule has 0 bridgehead atoms. The Labute approximate surface area is 164 Å². The fraction of sp³-hybridized carbons (Fsp3) is 0.174. The van der Waals surface area contributed by atoms with Gasteiger partial charge in [-0.2, -0.15) is 0 Å². The number of benzene rings is 2. The molecule has 0 aliphatic rings. The van der Waals surface area contributed by atoms with Gasteiger partial charge in [-0.15, -0.1) is 0 Å². The molecule has 142 valence electrons. The molecule has 0 saturated heterocycles. The Bertz CT molecular complexity index is 938. The molecule has 1 N–H and O–H groups in total. The first-order valence-electron chi connectivity index (χ1n) is 9.08. The lowest BCUT2D eigenvalue weighted by Gasteiger charge is -2.08. The molecular formula is C23H22N2O3. The molecule has 0 aliphatic heterocycles.